The van der Waals surface area contributed by atoms with Crippen molar-refractivity contribution >= 4 is 191 Å². The maximum Gasteiger partial charge on any atom is 0.316 e. The summed E-state index contributed by atoms with van der Waals surface area (Å²) in [6.07, 6.45) is 14.4. The molecule has 0 aliphatic heterocycles. The molecule has 0 fully saturated rings. The molecule has 654 valence electrons. The van der Waals surface area contributed by atoms with Gasteiger partial charge in [0.25, 0.3) is 0 Å². The number of nitrogens with two attached hydrogens (primary N) is 1. The summed E-state index contributed by atoms with van der Waals surface area (Å²) in [5, 5.41) is 50.2. The summed E-state index contributed by atoms with van der Waals surface area (Å²) >= 11 is 11.3. The summed E-state index contributed by atoms with van der Waals surface area (Å²) in [6.45, 7) is 5.81. The third-order valence-corrected chi connectivity index (χ3v) is 26.6. The summed E-state index contributed by atoms with van der Waals surface area (Å²) in [4.78, 5) is 68.1. The largest absolute Gasteiger partial charge is 0.508 e. The zero-order valence-electron chi connectivity index (χ0n) is 71.8. The fourth-order valence-corrected chi connectivity index (χ4v) is 19.1. The molecule has 0 aliphatic rings. The Labute approximate surface area is 775 Å². The lowest BCUT2D eigenvalue weighted by Gasteiger charge is -2.10. The molecule has 0 amide bonds. The van der Waals surface area contributed by atoms with Crippen LogP contribution in [-0.2, 0) is 0 Å². The van der Waals surface area contributed by atoms with E-state index < -0.39 is 0 Å². The third-order valence-electron chi connectivity index (χ3n) is 19.1. The normalized spacial score (nSPS) is 10.7. The van der Waals surface area contributed by atoms with Crippen LogP contribution in [0.3, 0.4) is 0 Å². The van der Waals surface area contributed by atoms with Gasteiger partial charge in [-0.1, -0.05) is 12.1 Å². The lowest BCUT2D eigenvalue weighted by molar-refractivity contribution is 0.380. The Morgan fingerprint density at radius 3 is 1.02 bits per heavy atom. The number of phenolic OH excluding ortho intramolecular Hbond substituents is 3. The molecule has 0 radical (unpaired) electrons. The van der Waals surface area contributed by atoms with Crippen LogP contribution in [0.15, 0.2) is 256 Å². The molecule has 0 aliphatic carbocycles. The second kappa shape index (κ2) is 42.6. The molecule has 14 aromatic heterocycles. The van der Waals surface area contributed by atoms with Crippen LogP contribution in [0.4, 0.5) is 40.6 Å². The number of aromatic hydroxyl groups is 3. The molecule has 7 aromatic carbocycles. The Hall–Kier alpha value is -14.9. The lowest BCUT2D eigenvalue weighted by atomic mass is 10.3. The average Bonchev–Trinajstić information content (AvgIpc) is 1.80. The number of methoxy groups -OCH3 is 3. The number of hydrogen-bond acceptors (Lipinski definition) is 35. The number of aromatic nitrogens is 15. The van der Waals surface area contributed by atoms with Crippen molar-refractivity contribution in [2.45, 2.75) is 13.8 Å². The molecule has 0 bridgehead atoms. The van der Waals surface area contributed by atoms with Crippen molar-refractivity contribution in [3.05, 3.63) is 256 Å². The minimum absolute atomic E-state index is 0.239. The Kier molecular flexibility index (Phi) is 29.5. The van der Waals surface area contributed by atoms with Crippen LogP contribution >= 0.6 is 79.4 Å². The molecular weight excluding hydrogens is 1770 g/mol. The monoisotopic (exact) mass is 1850 g/mol. The number of thiazole rings is 7. The number of nitrogens with zero attached hydrogens (tertiary/aromatic N) is 16. The van der Waals surface area contributed by atoms with E-state index in [0.29, 0.717) is 6.01 Å². The lowest BCUT2D eigenvalue weighted by Crippen LogP contribution is -2.09. The van der Waals surface area contributed by atoms with E-state index in [1.807, 2.05) is 242 Å². The standard InChI is InChI=1S/C15H15N3OS.3C14H13N3OS.C13H12N4S.C13H11N3OS.C12H9N3OS/c1-3-16-14-7-4-10(9-17-14)15-18-12-6-5-11(19-2)8-13(12)20-15;1-15-13-6-3-9(8-16-13)14-17-11-7-10(18-2)4-5-12(11)19-14;1-17(2)13-6-3-9(8-15-13)14-16-11-5-4-10(18)7-12(11)19-14;1-2-15-13-6-3-9(8-16-13)14-17-11-5-4-10(18)7-12(11)19-14;1-15-12-5-2-8(7-16-12)13-17-10-6-9(14)3-4-11(10)18-13;1-14-12-5-2-8(7-15-12)13-16-10-6-9(17)3-4-11(10)18-13;1-16-12-13-6-8(7-14-12)11-15-9-4-2-3-5-10(9)17-11/h4-9H,3H2,1-2H3,(H,16,17);3-8H,1-2H3,(H,15,16);3-8,18H,1-2H3;3-8,18H,2H2,1H3,(H,15,16);2-7H,14H2,1H3,(H,15,16);2-7,17H,1H3,(H,14,15);2-7H,1H3. The van der Waals surface area contributed by atoms with E-state index in [1.165, 1.54) is 4.70 Å². The van der Waals surface area contributed by atoms with Crippen molar-refractivity contribution < 1.29 is 29.5 Å². The minimum atomic E-state index is 0.239. The summed E-state index contributed by atoms with van der Waals surface area (Å²) in [6, 6.07) is 65.5. The van der Waals surface area contributed by atoms with Crippen LogP contribution in [0.25, 0.3) is 146 Å². The first-order valence-electron chi connectivity index (χ1n) is 40.4. The summed E-state index contributed by atoms with van der Waals surface area (Å²) in [5.74, 6) is 7.66. The molecule has 0 saturated carbocycles. The van der Waals surface area contributed by atoms with Crippen molar-refractivity contribution in [2.75, 3.05) is 107 Å². The number of rotatable bonds is 18. The zero-order chi connectivity index (χ0) is 90.6. The van der Waals surface area contributed by atoms with Gasteiger partial charge in [0.1, 0.15) is 98.7 Å². The van der Waals surface area contributed by atoms with Gasteiger partial charge in [-0.3, -0.25) is 0 Å². The van der Waals surface area contributed by atoms with E-state index in [1.54, 1.807) is 156 Å². The quantitative estimate of drug-likeness (QED) is 0.0360. The number of para-hydroxylation sites is 1. The molecule has 0 unspecified atom stereocenters. The molecule has 0 saturated heterocycles. The maximum absolute atomic E-state index is 9.47. The molecule has 35 heteroatoms. The van der Waals surface area contributed by atoms with Crippen molar-refractivity contribution in [3.8, 4) is 109 Å². The molecular formula is C95H86N22O6S7. The average molecular weight is 1860 g/mol. The molecule has 21 aromatic rings. The van der Waals surface area contributed by atoms with Crippen LogP contribution in [0, 0.1) is 0 Å². The first-order valence-corrected chi connectivity index (χ1v) is 46.1. The van der Waals surface area contributed by atoms with Crippen LogP contribution in [0.5, 0.6) is 34.8 Å². The number of nitrogens with one attached hydrogen (secondary N) is 5. The SMILES string of the molecule is CCNc1ccc(-c2nc3ccc(O)cc3s2)cn1.CCNc1ccc(-c2nc3ccc(OC)cc3s2)cn1.CN(C)c1ccc(-c2nc3ccc(O)cc3s2)cn1.CNc1ccc(-c2nc3cc(N)ccc3s2)cn1.CNc1ccc(-c2nc3cc(O)ccc3s2)cn1.CNc1ccc(-c2nc3cc(OC)ccc3s2)cn1.COc1ncc(-c2nc3ccccc3s2)cn1. The molecule has 28 nitrogen and oxygen atoms in total. The second-order valence-corrected chi connectivity index (χ2v) is 35.4. The number of hydrogen-bond donors (Lipinski definition) is 9. The molecule has 0 atom stereocenters. The van der Waals surface area contributed by atoms with Crippen molar-refractivity contribution in [3.63, 3.8) is 0 Å². The summed E-state index contributed by atoms with van der Waals surface area (Å²) in [7, 11) is 14.3. The first-order chi connectivity index (χ1) is 63.4. The van der Waals surface area contributed by atoms with Crippen molar-refractivity contribution in [1.82, 2.24) is 74.8 Å². The van der Waals surface area contributed by atoms with E-state index >= 15 is 0 Å². The number of fused-ring (bicyclic) bond motifs is 7. The minimum Gasteiger partial charge on any atom is -0.508 e. The zero-order valence-corrected chi connectivity index (χ0v) is 77.5. The second-order valence-electron chi connectivity index (χ2n) is 28.2. The fourth-order valence-electron chi connectivity index (χ4n) is 12.4. The number of pyridine rings is 6. The van der Waals surface area contributed by atoms with Gasteiger partial charge in [-0.2, -0.15) is 0 Å². The van der Waals surface area contributed by atoms with Crippen molar-refractivity contribution in [2.24, 2.45) is 0 Å². The van der Waals surface area contributed by atoms with E-state index in [4.69, 9.17) is 19.9 Å². The summed E-state index contributed by atoms with van der Waals surface area (Å²) in [5.41, 5.74) is 19.9. The van der Waals surface area contributed by atoms with E-state index in [-0.39, 0.29) is 17.2 Å². The summed E-state index contributed by atoms with van der Waals surface area (Å²) < 4.78 is 23.0. The van der Waals surface area contributed by atoms with E-state index in [2.05, 4.69) is 114 Å². The Balaban J connectivity index is 0.000000116. The van der Waals surface area contributed by atoms with Gasteiger partial charge < -0.3 is 66.7 Å². The van der Waals surface area contributed by atoms with Gasteiger partial charge in [0, 0.05) is 155 Å². The van der Waals surface area contributed by atoms with Gasteiger partial charge in [-0.05, 0) is 196 Å². The first kappa shape index (κ1) is 90.0. The van der Waals surface area contributed by atoms with Crippen LogP contribution in [0.2, 0.25) is 0 Å². The third kappa shape index (κ3) is 22.7. The van der Waals surface area contributed by atoms with Gasteiger partial charge >= 0.3 is 6.01 Å². The van der Waals surface area contributed by atoms with Gasteiger partial charge in [0.15, 0.2) is 0 Å². The van der Waals surface area contributed by atoms with E-state index in [0.717, 1.165) is 206 Å². The van der Waals surface area contributed by atoms with Crippen LogP contribution in [0.1, 0.15) is 13.8 Å². The smallest absolute Gasteiger partial charge is 0.316 e. The van der Waals surface area contributed by atoms with Gasteiger partial charge in [0.05, 0.1) is 92.8 Å². The number of nitrogen functional groups attached to an aromatic ring is 1. The highest BCUT2D eigenvalue weighted by Crippen LogP contribution is 2.40. The van der Waals surface area contributed by atoms with Crippen LogP contribution < -0.4 is 51.4 Å². The molecule has 0 spiro atoms. The number of benzene rings is 7. The van der Waals surface area contributed by atoms with Crippen molar-refractivity contribution in [1.29, 1.82) is 0 Å². The number of phenols is 3. The highest BCUT2D eigenvalue weighted by atomic mass is 32.1. The molecule has 21 rings (SSSR count). The number of anilines is 7. The maximum atomic E-state index is 9.47. The highest BCUT2D eigenvalue weighted by molar-refractivity contribution is 7.24. The molecule has 14 heterocycles. The van der Waals surface area contributed by atoms with Gasteiger partial charge in [-0.15, -0.1) is 79.4 Å². The predicted molar refractivity (Wildman–Crippen MR) is 538 cm³/mol. The topological polar surface area (TPSA) is 371 Å². The van der Waals surface area contributed by atoms with Gasteiger partial charge in [-0.25, -0.2) is 74.8 Å². The number of ether oxygens (including phenoxy) is 3. The molecule has 10 N–H and O–H groups in total. The Morgan fingerprint density at radius 1 is 0.300 bits per heavy atom. The molecule has 130 heavy (non-hydrogen) atoms. The van der Waals surface area contributed by atoms with E-state index in [9.17, 15) is 15.3 Å². The Bertz CT molecular complexity index is 7170. The Morgan fingerprint density at radius 2 is 0.623 bits per heavy atom. The predicted octanol–water partition coefficient (Wildman–Crippen LogP) is 22.7. The van der Waals surface area contributed by atoms with Crippen LogP contribution in [-0.4, -0.2) is 160 Å². The van der Waals surface area contributed by atoms with Gasteiger partial charge in [0.2, 0.25) is 0 Å². The fraction of sp³-hybridized carbons (Fsp3) is 0.126. The highest BCUT2D eigenvalue weighted by Gasteiger charge is 2.16.